The molecular formula is C19H25N5. The number of nitrogens with zero attached hydrogens (tertiary/aromatic N) is 4. The summed E-state index contributed by atoms with van der Waals surface area (Å²) >= 11 is 0. The number of nitrogen functional groups attached to an aromatic ring is 1. The van der Waals surface area contributed by atoms with E-state index < -0.39 is 0 Å². The second-order valence-corrected chi connectivity index (χ2v) is 7.76. The topological polar surface area (TPSA) is 60.0 Å². The van der Waals surface area contributed by atoms with Crippen LogP contribution in [0.4, 0.5) is 5.82 Å². The Morgan fingerprint density at radius 3 is 2.62 bits per heavy atom. The molecule has 2 saturated carbocycles. The molecule has 2 aliphatic carbocycles. The third kappa shape index (κ3) is 2.18. The Bertz CT molecular complexity index is 779. The van der Waals surface area contributed by atoms with Crippen molar-refractivity contribution in [2.75, 3.05) is 25.4 Å². The van der Waals surface area contributed by atoms with Gasteiger partial charge in [0.15, 0.2) is 0 Å². The third-order valence-corrected chi connectivity index (χ3v) is 6.11. The van der Waals surface area contributed by atoms with E-state index >= 15 is 0 Å². The van der Waals surface area contributed by atoms with E-state index in [2.05, 4.69) is 33.6 Å². The third-order valence-electron chi connectivity index (χ3n) is 6.11. The minimum absolute atomic E-state index is 0.608. The minimum Gasteiger partial charge on any atom is -0.383 e. The van der Waals surface area contributed by atoms with Gasteiger partial charge in [0.1, 0.15) is 11.6 Å². The van der Waals surface area contributed by atoms with Crippen LogP contribution in [0, 0.1) is 18.8 Å². The van der Waals surface area contributed by atoms with Gasteiger partial charge < -0.3 is 15.2 Å². The lowest BCUT2D eigenvalue weighted by atomic mass is 10.1. The second kappa shape index (κ2) is 5.06. The lowest BCUT2D eigenvalue weighted by Gasteiger charge is -2.18. The van der Waals surface area contributed by atoms with Crippen LogP contribution < -0.4 is 5.73 Å². The zero-order valence-electron chi connectivity index (χ0n) is 14.4. The number of imidazole rings is 1. The summed E-state index contributed by atoms with van der Waals surface area (Å²) < 4.78 is 2.51. The first-order valence-electron chi connectivity index (χ1n) is 9.19. The molecule has 0 unspecified atom stereocenters. The second-order valence-electron chi connectivity index (χ2n) is 7.76. The first-order chi connectivity index (χ1) is 11.7. The summed E-state index contributed by atoms with van der Waals surface area (Å²) in [6, 6.07) is 2.78. The van der Waals surface area contributed by atoms with E-state index in [0.717, 1.165) is 28.7 Å². The fourth-order valence-corrected chi connectivity index (χ4v) is 4.41. The lowest BCUT2D eigenvalue weighted by Crippen LogP contribution is -2.24. The molecule has 1 saturated heterocycles. The van der Waals surface area contributed by atoms with Gasteiger partial charge in [0.05, 0.1) is 5.69 Å². The molecule has 2 aromatic rings. The summed E-state index contributed by atoms with van der Waals surface area (Å²) in [5.74, 6) is 4.25. The SMILES string of the molecule is CCN1C[C@@H]2[C@H](C1)[C@H]2n1cc(-c2cnc(N)c(C)c2)nc1C1CC1. The first kappa shape index (κ1) is 14.5. The van der Waals surface area contributed by atoms with Gasteiger partial charge in [0.25, 0.3) is 0 Å². The number of hydrogen-bond acceptors (Lipinski definition) is 4. The van der Waals surface area contributed by atoms with Gasteiger partial charge in [-0.1, -0.05) is 6.92 Å². The predicted molar refractivity (Wildman–Crippen MR) is 94.7 cm³/mol. The van der Waals surface area contributed by atoms with Gasteiger partial charge in [0, 0.05) is 43.0 Å². The summed E-state index contributed by atoms with van der Waals surface area (Å²) in [4.78, 5) is 11.9. The summed E-state index contributed by atoms with van der Waals surface area (Å²) in [6.07, 6.45) is 6.72. The molecule has 2 N–H and O–H groups in total. The molecule has 3 aliphatic rings. The van der Waals surface area contributed by atoms with E-state index in [1.807, 2.05) is 13.1 Å². The normalized spacial score (nSPS) is 29.0. The quantitative estimate of drug-likeness (QED) is 0.940. The molecule has 24 heavy (non-hydrogen) atoms. The Morgan fingerprint density at radius 1 is 1.25 bits per heavy atom. The van der Waals surface area contributed by atoms with Crippen LogP contribution in [0.15, 0.2) is 18.5 Å². The average Bonchev–Trinajstić information content (AvgIpc) is 3.46. The highest BCUT2D eigenvalue weighted by atomic mass is 15.2. The number of pyridine rings is 1. The highest BCUT2D eigenvalue weighted by Gasteiger charge is 2.57. The molecule has 0 aromatic carbocycles. The zero-order chi connectivity index (χ0) is 16.4. The Hall–Kier alpha value is -1.88. The molecule has 0 bridgehead atoms. The van der Waals surface area contributed by atoms with Crippen LogP contribution in [0.25, 0.3) is 11.3 Å². The van der Waals surface area contributed by atoms with Gasteiger partial charge >= 0.3 is 0 Å². The van der Waals surface area contributed by atoms with Crippen LogP contribution in [0.2, 0.25) is 0 Å². The van der Waals surface area contributed by atoms with Crippen molar-refractivity contribution in [2.24, 2.45) is 11.8 Å². The number of nitrogens with two attached hydrogens (primary N) is 1. The van der Waals surface area contributed by atoms with Crippen LogP contribution in [-0.4, -0.2) is 39.1 Å². The lowest BCUT2D eigenvalue weighted by molar-refractivity contribution is 0.298. The number of hydrogen-bond donors (Lipinski definition) is 1. The fourth-order valence-electron chi connectivity index (χ4n) is 4.41. The van der Waals surface area contributed by atoms with Crippen LogP contribution in [0.1, 0.15) is 43.1 Å². The number of aromatic nitrogens is 3. The molecular weight excluding hydrogens is 298 g/mol. The Balaban J connectivity index is 1.48. The molecule has 1 aliphatic heterocycles. The molecule has 0 spiro atoms. The van der Waals surface area contributed by atoms with Crippen molar-refractivity contribution < 1.29 is 0 Å². The number of fused-ring (bicyclic) bond motifs is 1. The molecule has 126 valence electrons. The van der Waals surface area contributed by atoms with Gasteiger partial charge in [-0.05, 0) is 49.8 Å². The first-order valence-corrected chi connectivity index (χ1v) is 9.19. The van der Waals surface area contributed by atoms with Gasteiger partial charge in [-0.3, -0.25) is 0 Å². The monoisotopic (exact) mass is 323 g/mol. The largest absolute Gasteiger partial charge is 0.383 e. The standard InChI is InChI=1S/C19H25N5/c1-3-23-8-14-15(9-23)17(14)24-10-16(22-19(24)12-4-5-12)13-6-11(2)18(20)21-7-13/h6-7,10,12,14-15,17H,3-5,8-9H2,1-2H3,(H2,20,21)/t14-,15+,17+. The van der Waals surface area contributed by atoms with Crippen LogP contribution >= 0.6 is 0 Å². The van der Waals surface area contributed by atoms with Crippen molar-refractivity contribution in [3.05, 3.63) is 29.8 Å². The van der Waals surface area contributed by atoms with Crippen molar-refractivity contribution in [1.82, 2.24) is 19.4 Å². The van der Waals surface area contributed by atoms with E-state index in [-0.39, 0.29) is 0 Å². The molecule has 5 rings (SSSR count). The number of piperidine rings is 1. The molecule has 3 fully saturated rings. The molecule has 3 heterocycles. The average molecular weight is 323 g/mol. The molecule has 2 aromatic heterocycles. The van der Waals surface area contributed by atoms with E-state index in [0.29, 0.717) is 17.8 Å². The maximum atomic E-state index is 5.87. The van der Waals surface area contributed by atoms with Crippen molar-refractivity contribution in [1.29, 1.82) is 0 Å². The summed E-state index contributed by atoms with van der Waals surface area (Å²) in [6.45, 7) is 7.97. The highest BCUT2D eigenvalue weighted by Crippen LogP contribution is 2.57. The maximum Gasteiger partial charge on any atom is 0.126 e. The van der Waals surface area contributed by atoms with Crippen molar-refractivity contribution in [2.45, 2.75) is 38.6 Å². The zero-order valence-corrected chi connectivity index (χ0v) is 14.4. The summed E-state index contributed by atoms with van der Waals surface area (Å²) in [5, 5.41) is 0. The van der Waals surface area contributed by atoms with Gasteiger partial charge in [-0.2, -0.15) is 0 Å². The van der Waals surface area contributed by atoms with E-state index in [1.165, 1.54) is 38.3 Å². The van der Waals surface area contributed by atoms with Crippen LogP contribution in [0.3, 0.4) is 0 Å². The molecule has 0 amide bonds. The van der Waals surface area contributed by atoms with Crippen molar-refractivity contribution >= 4 is 5.82 Å². The van der Waals surface area contributed by atoms with E-state index in [1.54, 1.807) is 0 Å². The van der Waals surface area contributed by atoms with Gasteiger partial charge in [-0.25, -0.2) is 9.97 Å². The Kier molecular flexibility index (Phi) is 3.05. The molecule has 5 heteroatoms. The van der Waals surface area contributed by atoms with Gasteiger partial charge in [0.2, 0.25) is 0 Å². The summed E-state index contributed by atoms with van der Waals surface area (Å²) in [7, 11) is 0. The molecule has 3 atom stereocenters. The summed E-state index contributed by atoms with van der Waals surface area (Å²) in [5.41, 5.74) is 9.04. The number of rotatable bonds is 4. The smallest absolute Gasteiger partial charge is 0.126 e. The van der Waals surface area contributed by atoms with Crippen LogP contribution in [-0.2, 0) is 0 Å². The molecule has 5 nitrogen and oxygen atoms in total. The van der Waals surface area contributed by atoms with E-state index in [9.17, 15) is 0 Å². The highest BCUT2D eigenvalue weighted by molar-refractivity contribution is 5.61. The van der Waals surface area contributed by atoms with Gasteiger partial charge in [-0.15, -0.1) is 0 Å². The number of anilines is 1. The predicted octanol–water partition coefficient (Wildman–Crippen LogP) is 2.84. The maximum absolute atomic E-state index is 5.87. The Labute approximate surface area is 142 Å². The van der Waals surface area contributed by atoms with Crippen molar-refractivity contribution in [3.8, 4) is 11.3 Å². The Morgan fingerprint density at radius 2 is 2.00 bits per heavy atom. The van der Waals surface area contributed by atoms with Crippen LogP contribution in [0.5, 0.6) is 0 Å². The van der Waals surface area contributed by atoms with Crippen molar-refractivity contribution in [3.63, 3.8) is 0 Å². The number of aryl methyl sites for hydroxylation is 1. The molecule has 0 radical (unpaired) electrons. The minimum atomic E-state index is 0.608. The number of likely N-dealkylation sites (tertiary alicyclic amines) is 1. The fraction of sp³-hybridized carbons (Fsp3) is 0.579. The van der Waals surface area contributed by atoms with E-state index in [4.69, 9.17) is 10.7 Å².